The fourth-order valence-electron chi connectivity index (χ4n) is 1.83. The van der Waals surface area contributed by atoms with Gasteiger partial charge in [-0.2, -0.15) is 0 Å². The van der Waals surface area contributed by atoms with Gasteiger partial charge >= 0.3 is 0 Å². The average molecular weight is 278 g/mol. The third kappa shape index (κ3) is 3.17. The van der Waals surface area contributed by atoms with E-state index in [-0.39, 0.29) is 11.7 Å². The molecule has 0 spiro atoms. The van der Waals surface area contributed by atoms with Gasteiger partial charge in [0.2, 0.25) is 0 Å². The maximum Gasteiger partial charge on any atom is 0.276 e. The highest BCUT2D eigenvalue weighted by Crippen LogP contribution is 2.15. The van der Waals surface area contributed by atoms with E-state index in [1.165, 1.54) is 12.1 Å². The molecule has 0 radical (unpaired) electrons. The van der Waals surface area contributed by atoms with Gasteiger partial charge in [0.15, 0.2) is 5.11 Å². The summed E-state index contributed by atoms with van der Waals surface area (Å²) in [5, 5.41) is 3.32. The number of nitrogens with one attached hydrogen (secondary N) is 1. The summed E-state index contributed by atoms with van der Waals surface area (Å²) in [4.78, 5) is 13.7. The quantitative estimate of drug-likeness (QED) is 0.681. The Labute approximate surface area is 117 Å². The fourth-order valence-corrected chi connectivity index (χ4v) is 2.10. The molecular formula is C14H15FN2OS. The van der Waals surface area contributed by atoms with Crippen molar-refractivity contribution in [2.24, 2.45) is 5.92 Å². The molecule has 1 aliphatic heterocycles. The molecule has 19 heavy (non-hydrogen) atoms. The van der Waals surface area contributed by atoms with Gasteiger partial charge in [0.05, 0.1) is 0 Å². The molecule has 1 N–H and O–H groups in total. The first-order valence-electron chi connectivity index (χ1n) is 6.07. The highest BCUT2D eigenvalue weighted by atomic mass is 32.1. The number of nitrogens with zero attached hydrogens (tertiary/aromatic N) is 1. The van der Waals surface area contributed by atoms with Crippen LogP contribution in [0.2, 0.25) is 0 Å². The van der Waals surface area contributed by atoms with Crippen LogP contribution in [-0.2, 0) is 4.79 Å². The Hall–Kier alpha value is -1.75. The first-order valence-corrected chi connectivity index (χ1v) is 6.48. The number of carbonyl (C=O) groups is 1. The van der Waals surface area contributed by atoms with Crippen molar-refractivity contribution >= 4 is 29.3 Å². The lowest BCUT2D eigenvalue weighted by Crippen LogP contribution is -2.33. The Kier molecular flexibility index (Phi) is 3.95. The topological polar surface area (TPSA) is 32.3 Å². The molecule has 2 rings (SSSR count). The average Bonchev–Trinajstić information content (AvgIpc) is 2.60. The molecule has 0 unspecified atom stereocenters. The van der Waals surface area contributed by atoms with Crippen LogP contribution in [0.5, 0.6) is 0 Å². The van der Waals surface area contributed by atoms with E-state index in [9.17, 15) is 9.18 Å². The minimum absolute atomic E-state index is 0.136. The van der Waals surface area contributed by atoms with Gasteiger partial charge < -0.3 is 5.32 Å². The number of carbonyl (C=O) groups excluding carboxylic acids is 1. The van der Waals surface area contributed by atoms with E-state index < -0.39 is 0 Å². The number of halogens is 1. The number of hydrogen-bond acceptors (Lipinski definition) is 2. The normalized spacial score (nSPS) is 17.5. The Morgan fingerprint density at radius 3 is 2.58 bits per heavy atom. The van der Waals surface area contributed by atoms with Crippen molar-refractivity contribution < 1.29 is 9.18 Å². The monoisotopic (exact) mass is 278 g/mol. The predicted molar refractivity (Wildman–Crippen MR) is 76.7 cm³/mol. The van der Waals surface area contributed by atoms with Crippen molar-refractivity contribution in [1.29, 1.82) is 0 Å². The first-order chi connectivity index (χ1) is 8.97. The summed E-state index contributed by atoms with van der Waals surface area (Å²) < 4.78 is 12.8. The predicted octanol–water partition coefficient (Wildman–Crippen LogP) is 2.54. The third-order valence-electron chi connectivity index (χ3n) is 2.69. The third-order valence-corrected chi connectivity index (χ3v) is 3.01. The summed E-state index contributed by atoms with van der Waals surface area (Å²) in [5.41, 5.74) is 1.18. The molecule has 0 aromatic heterocycles. The maximum absolute atomic E-state index is 12.8. The number of rotatable bonds is 3. The van der Waals surface area contributed by atoms with Crippen LogP contribution in [0.25, 0.3) is 6.08 Å². The smallest absolute Gasteiger partial charge is 0.276 e. The SMILES string of the molecule is CC(C)CN1C(=O)/C(=C\c2ccc(F)cc2)NC1=S. The molecule has 1 aromatic rings. The van der Waals surface area contributed by atoms with Gasteiger partial charge in [-0.15, -0.1) is 0 Å². The molecular weight excluding hydrogens is 263 g/mol. The van der Waals surface area contributed by atoms with Crippen LogP contribution in [0.4, 0.5) is 4.39 Å². The number of thiocarbonyl (C=S) groups is 1. The molecule has 1 amide bonds. The van der Waals surface area contributed by atoms with Gasteiger partial charge in [-0.3, -0.25) is 9.69 Å². The van der Waals surface area contributed by atoms with Crippen molar-refractivity contribution in [3.63, 3.8) is 0 Å². The molecule has 1 saturated heterocycles. The van der Waals surface area contributed by atoms with Gasteiger partial charge in [-0.05, 0) is 41.9 Å². The molecule has 0 bridgehead atoms. The van der Waals surface area contributed by atoms with E-state index in [0.29, 0.717) is 23.3 Å². The zero-order chi connectivity index (χ0) is 14.0. The fraction of sp³-hybridized carbons (Fsp3) is 0.286. The summed E-state index contributed by atoms with van der Waals surface area (Å²) >= 11 is 5.14. The second-order valence-electron chi connectivity index (χ2n) is 4.85. The molecule has 3 nitrogen and oxygen atoms in total. The highest BCUT2D eigenvalue weighted by molar-refractivity contribution is 7.80. The largest absolute Gasteiger partial charge is 0.328 e. The number of hydrogen-bond donors (Lipinski definition) is 1. The Morgan fingerprint density at radius 2 is 2.00 bits per heavy atom. The van der Waals surface area contributed by atoms with Gasteiger partial charge in [-0.1, -0.05) is 26.0 Å². The van der Waals surface area contributed by atoms with Crippen LogP contribution in [-0.4, -0.2) is 22.5 Å². The van der Waals surface area contributed by atoms with Crippen LogP contribution >= 0.6 is 12.2 Å². The lowest BCUT2D eigenvalue weighted by atomic mass is 10.2. The molecule has 0 saturated carbocycles. The molecule has 100 valence electrons. The van der Waals surface area contributed by atoms with Crippen molar-refractivity contribution in [2.75, 3.05) is 6.54 Å². The first kappa shape index (κ1) is 13.7. The van der Waals surface area contributed by atoms with Crippen molar-refractivity contribution in [1.82, 2.24) is 10.2 Å². The van der Waals surface area contributed by atoms with Gasteiger partial charge in [0, 0.05) is 6.54 Å². The van der Waals surface area contributed by atoms with Crippen LogP contribution in [0.3, 0.4) is 0 Å². The van der Waals surface area contributed by atoms with Crippen LogP contribution in [0, 0.1) is 11.7 Å². The summed E-state index contributed by atoms with van der Waals surface area (Å²) in [6.45, 7) is 4.64. The second-order valence-corrected chi connectivity index (χ2v) is 5.24. The standard InChI is InChI=1S/C14H15FN2OS/c1-9(2)8-17-13(18)12(16-14(17)19)7-10-3-5-11(15)6-4-10/h3-7,9H,8H2,1-2H3,(H,16,19)/b12-7+. The highest BCUT2D eigenvalue weighted by Gasteiger charge is 2.30. The molecule has 1 aliphatic rings. The molecule has 5 heteroatoms. The second kappa shape index (κ2) is 5.48. The minimum atomic E-state index is -0.301. The minimum Gasteiger partial charge on any atom is -0.328 e. The van der Waals surface area contributed by atoms with Gasteiger partial charge in [0.25, 0.3) is 5.91 Å². The van der Waals surface area contributed by atoms with Crippen LogP contribution < -0.4 is 5.32 Å². The van der Waals surface area contributed by atoms with E-state index in [2.05, 4.69) is 5.32 Å². The molecule has 1 heterocycles. The van der Waals surface area contributed by atoms with Crippen LogP contribution in [0.15, 0.2) is 30.0 Å². The zero-order valence-corrected chi connectivity index (χ0v) is 11.6. The van der Waals surface area contributed by atoms with Gasteiger partial charge in [-0.25, -0.2) is 4.39 Å². The van der Waals surface area contributed by atoms with E-state index >= 15 is 0 Å². The zero-order valence-electron chi connectivity index (χ0n) is 10.8. The summed E-state index contributed by atoms with van der Waals surface area (Å²) in [6, 6.07) is 5.95. The molecule has 0 aliphatic carbocycles. The molecule has 1 aromatic carbocycles. The summed E-state index contributed by atoms with van der Waals surface area (Å²) in [6.07, 6.45) is 1.68. The van der Waals surface area contributed by atoms with E-state index in [4.69, 9.17) is 12.2 Å². The summed E-state index contributed by atoms with van der Waals surface area (Å²) in [5.74, 6) is -0.0956. The van der Waals surface area contributed by atoms with Crippen molar-refractivity contribution in [2.45, 2.75) is 13.8 Å². The number of amides is 1. The Morgan fingerprint density at radius 1 is 1.37 bits per heavy atom. The summed E-state index contributed by atoms with van der Waals surface area (Å²) in [7, 11) is 0. The van der Waals surface area contributed by atoms with E-state index in [0.717, 1.165) is 5.56 Å². The number of benzene rings is 1. The van der Waals surface area contributed by atoms with Gasteiger partial charge in [0.1, 0.15) is 11.5 Å². The van der Waals surface area contributed by atoms with Crippen molar-refractivity contribution in [3.05, 3.63) is 41.3 Å². The lowest BCUT2D eigenvalue weighted by molar-refractivity contribution is -0.122. The van der Waals surface area contributed by atoms with E-state index in [1.54, 1.807) is 23.1 Å². The van der Waals surface area contributed by atoms with Crippen LogP contribution in [0.1, 0.15) is 19.4 Å². The molecule has 0 atom stereocenters. The van der Waals surface area contributed by atoms with E-state index in [1.807, 2.05) is 13.8 Å². The van der Waals surface area contributed by atoms with Crippen molar-refractivity contribution in [3.8, 4) is 0 Å². The Balaban J connectivity index is 2.20. The molecule has 1 fully saturated rings. The Bertz CT molecular complexity index is 537. The maximum atomic E-state index is 12.8. The lowest BCUT2D eigenvalue weighted by Gasteiger charge is -2.15.